The first-order valence-corrected chi connectivity index (χ1v) is 8.69. The average Bonchev–Trinajstić information content (AvgIpc) is 2.75. The lowest BCUT2D eigenvalue weighted by Gasteiger charge is -2.32. The SMILES string of the molecule is CC1(C)OB(c2ccc(NC(=O)c3ccccc3Cl)cc2F)OC1(C)C. The van der Waals surface area contributed by atoms with Crippen LogP contribution in [0.25, 0.3) is 0 Å². The van der Waals surface area contributed by atoms with Crippen molar-refractivity contribution in [2.75, 3.05) is 5.32 Å². The van der Waals surface area contributed by atoms with Gasteiger partial charge in [-0.2, -0.15) is 0 Å². The van der Waals surface area contributed by atoms with Crippen molar-refractivity contribution in [3.63, 3.8) is 0 Å². The third-order valence-electron chi connectivity index (χ3n) is 4.88. The lowest BCUT2D eigenvalue weighted by atomic mass is 9.78. The van der Waals surface area contributed by atoms with E-state index >= 15 is 0 Å². The van der Waals surface area contributed by atoms with Gasteiger partial charge in [-0.15, -0.1) is 0 Å². The molecule has 4 nitrogen and oxygen atoms in total. The number of carbonyl (C=O) groups is 1. The van der Waals surface area contributed by atoms with Crippen LogP contribution in [0.1, 0.15) is 38.1 Å². The van der Waals surface area contributed by atoms with Gasteiger partial charge in [-0.3, -0.25) is 4.79 Å². The van der Waals surface area contributed by atoms with Crippen LogP contribution < -0.4 is 10.8 Å². The molecule has 7 heteroatoms. The fourth-order valence-corrected chi connectivity index (χ4v) is 2.83. The number of halogens is 2. The van der Waals surface area contributed by atoms with Crippen LogP contribution in [0, 0.1) is 5.82 Å². The first-order chi connectivity index (χ1) is 12.1. The van der Waals surface area contributed by atoms with Crippen molar-refractivity contribution in [2.24, 2.45) is 0 Å². The van der Waals surface area contributed by atoms with Crippen LogP contribution in [-0.4, -0.2) is 24.2 Å². The molecule has 1 aliphatic rings. The second-order valence-electron chi connectivity index (χ2n) is 7.26. The molecule has 1 aliphatic heterocycles. The summed E-state index contributed by atoms with van der Waals surface area (Å²) in [6.07, 6.45) is 0. The molecule has 136 valence electrons. The molecule has 1 heterocycles. The number of carbonyl (C=O) groups excluding carboxylic acids is 1. The molecule has 1 N–H and O–H groups in total. The predicted octanol–water partition coefficient (Wildman–Crippen LogP) is 4.03. The number of nitrogens with one attached hydrogen (secondary N) is 1. The fraction of sp³-hybridized carbons (Fsp3) is 0.316. The van der Waals surface area contributed by atoms with E-state index in [1.165, 1.54) is 6.07 Å². The highest BCUT2D eigenvalue weighted by atomic mass is 35.5. The molecule has 0 atom stereocenters. The molecule has 0 saturated carbocycles. The first kappa shape index (κ1) is 18.9. The van der Waals surface area contributed by atoms with E-state index in [4.69, 9.17) is 20.9 Å². The van der Waals surface area contributed by atoms with E-state index in [0.29, 0.717) is 21.7 Å². The highest BCUT2D eigenvalue weighted by Crippen LogP contribution is 2.36. The Balaban J connectivity index is 1.79. The topological polar surface area (TPSA) is 47.6 Å². The summed E-state index contributed by atoms with van der Waals surface area (Å²) in [5.74, 6) is -0.918. The summed E-state index contributed by atoms with van der Waals surface area (Å²) >= 11 is 6.01. The van der Waals surface area contributed by atoms with Crippen LogP contribution in [-0.2, 0) is 9.31 Å². The Morgan fingerprint density at radius 3 is 2.27 bits per heavy atom. The molecule has 0 radical (unpaired) electrons. The van der Waals surface area contributed by atoms with Crippen molar-refractivity contribution in [3.8, 4) is 0 Å². The van der Waals surface area contributed by atoms with E-state index < -0.39 is 30.0 Å². The molecule has 1 saturated heterocycles. The van der Waals surface area contributed by atoms with Gasteiger partial charge in [0.15, 0.2) is 0 Å². The zero-order valence-corrected chi connectivity index (χ0v) is 15.9. The summed E-state index contributed by atoms with van der Waals surface area (Å²) in [7, 11) is -0.798. The molecule has 0 spiro atoms. The van der Waals surface area contributed by atoms with Crippen LogP contribution in [0.2, 0.25) is 5.02 Å². The molecule has 0 aliphatic carbocycles. The number of hydrogen-bond donors (Lipinski definition) is 1. The standard InChI is InChI=1S/C19H20BClFNO3/c1-18(2)19(3,4)26-20(25-18)14-10-9-12(11-16(14)22)23-17(24)13-7-5-6-8-15(13)21/h5-11H,1-4H3,(H,23,24). The second-order valence-corrected chi connectivity index (χ2v) is 7.67. The molecule has 2 aromatic carbocycles. The van der Waals surface area contributed by atoms with Gasteiger partial charge in [0.1, 0.15) is 5.82 Å². The quantitative estimate of drug-likeness (QED) is 0.824. The Hall–Kier alpha value is -1.89. The van der Waals surface area contributed by atoms with E-state index in [1.807, 2.05) is 27.7 Å². The largest absolute Gasteiger partial charge is 0.497 e. The van der Waals surface area contributed by atoms with Gasteiger partial charge < -0.3 is 14.6 Å². The van der Waals surface area contributed by atoms with Crippen LogP contribution in [0.5, 0.6) is 0 Å². The van der Waals surface area contributed by atoms with E-state index in [2.05, 4.69) is 5.32 Å². The minimum Gasteiger partial charge on any atom is -0.399 e. The van der Waals surface area contributed by atoms with Gasteiger partial charge in [0, 0.05) is 11.2 Å². The number of amides is 1. The monoisotopic (exact) mass is 375 g/mol. The molecular weight excluding hydrogens is 355 g/mol. The summed E-state index contributed by atoms with van der Waals surface area (Å²) in [5.41, 5.74) is -0.168. The van der Waals surface area contributed by atoms with Crippen molar-refractivity contribution in [2.45, 2.75) is 38.9 Å². The fourth-order valence-electron chi connectivity index (χ4n) is 2.61. The van der Waals surface area contributed by atoms with E-state index in [-0.39, 0.29) is 0 Å². The number of hydrogen-bond acceptors (Lipinski definition) is 3. The van der Waals surface area contributed by atoms with Gasteiger partial charge >= 0.3 is 7.12 Å². The van der Waals surface area contributed by atoms with Crippen LogP contribution in [0.15, 0.2) is 42.5 Å². The Kier molecular flexibility index (Phi) is 4.86. The van der Waals surface area contributed by atoms with Gasteiger partial charge in [0.2, 0.25) is 0 Å². The van der Waals surface area contributed by atoms with E-state index in [9.17, 15) is 9.18 Å². The predicted molar refractivity (Wildman–Crippen MR) is 102 cm³/mol. The van der Waals surface area contributed by atoms with Crippen molar-refractivity contribution in [3.05, 3.63) is 58.9 Å². The smallest absolute Gasteiger partial charge is 0.399 e. The molecule has 0 aromatic heterocycles. The van der Waals surface area contributed by atoms with Gasteiger partial charge in [0.05, 0.1) is 21.8 Å². The molecule has 26 heavy (non-hydrogen) atoms. The number of rotatable bonds is 3. The van der Waals surface area contributed by atoms with Crippen molar-refractivity contribution < 1.29 is 18.5 Å². The third kappa shape index (κ3) is 3.49. The Morgan fingerprint density at radius 1 is 1.08 bits per heavy atom. The molecule has 1 fully saturated rings. The molecule has 0 unspecified atom stereocenters. The van der Waals surface area contributed by atoms with E-state index in [1.54, 1.807) is 36.4 Å². The minimum absolute atomic E-state index is 0.291. The van der Waals surface area contributed by atoms with Gasteiger partial charge in [0.25, 0.3) is 5.91 Å². The zero-order valence-electron chi connectivity index (χ0n) is 15.1. The summed E-state index contributed by atoms with van der Waals surface area (Å²) in [6, 6.07) is 11.1. The Morgan fingerprint density at radius 2 is 1.69 bits per heavy atom. The minimum atomic E-state index is -0.798. The van der Waals surface area contributed by atoms with Crippen LogP contribution >= 0.6 is 11.6 Å². The van der Waals surface area contributed by atoms with Crippen molar-refractivity contribution >= 4 is 35.8 Å². The maximum atomic E-state index is 14.6. The average molecular weight is 376 g/mol. The van der Waals surface area contributed by atoms with Crippen LogP contribution in [0.4, 0.5) is 10.1 Å². The molecule has 2 aromatic rings. The van der Waals surface area contributed by atoms with Crippen molar-refractivity contribution in [1.29, 1.82) is 0 Å². The van der Waals surface area contributed by atoms with Gasteiger partial charge in [-0.25, -0.2) is 4.39 Å². The zero-order chi connectivity index (χ0) is 19.1. The lowest BCUT2D eigenvalue weighted by molar-refractivity contribution is 0.00578. The summed E-state index contributed by atoms with van der Waals surface area (Å²) in [6.45, 7) is 7.62. The first-order valence-electron chi connectivity index (χ1n) is 8.32. The summed E-state index contributed by atoms with van der Waals surface area (Å²) < 4.78 is 26.3. The number of benzene rings is 2. The van der Waals surface area contributed by atoms with Gasteiger partial charge in [-0.1, -0.05) is 29.8 Å². The highest BCUT2D eigenvalue weighted by molar-refractivity contribution is 6.62. The molecule has 1 amide bonds. The maximum absolute atomic E-state index is 14.6. The Bertz CT molecular complexity index is 840. The normalized spacial score (nSPS) is 18.0. The van der Waals surface area contributed by atoms with Crippen LogP contribution in [0.3, 0.4) is 0 Å². The third-order valence-corrected chi connectivity index (χ3v) is 5.21. The van der Waals surface area contributed by atoms with Gasteiger partial charge in [-0.05, 0) is 52.0 Å². The molecule has 0 bridgehead atoms. The molecular formula is C19H20BClFNO3. The maximum Gasteiger partial charge on any atom is 0.497 e. The molecule has 3 rings (SSSR count). The van der Waals surface area contributed by atoms with E-state index in [0.717, 1.165) is 0 Å². The van der Waals surface area contributed by atoms with Crippen molar-refractivity contribution in [1.82, 2.24) is 0 Å². The second kappa shape index (κ2) is 6.69. The summed E-state index contributed by atoms with van der Waals surface area (Å²) in [4.78, 5) is 12.3. The summed E-state index contributed by atoms with van der Waals surface area (Å²) in [5, 5.41) is 2.98. The lowest BCUT2D eigenvalue weighted by Crippen LogP contribution is -2.41. The number of anilines is 1. The Labute approximate surface area is 157 Å². The highest BCUT2D eigenvalue weighted by Gasteiger charge is 2.52.